The zero-order chi connectivity index (χ0) is 15.1. The van der Waals surface area contributed by atoms with Crippen molar-refractivity contribution in [2.24, 2.45) is 4.99 Å². The summed E-state index contributed by atoms with van der Waals surface area (Å²) in [5.41, 5.74) is 2.53. The summed E-state index contributed by atoms with van der Waals surface area (Å²) in [6, 6.07) is 18.2. The molecule has 0 fully saturated rings. The van der Waals surface area contributed by atoms with Crippen LogP contribution in [-0.2, 0) is 4.79 Å². The Labute approximate surface area is 126 Å². The molecule has 0 radical (unpaired) electrons. The van der Waals surface area contributed by atoms with Crippen LogP contribution in [0.25, 0.3) is 32.7 Å². The fourth-order valence-corrected chi connectivity index (χ4v) is 2.81. The molecular formula is C19H13NO2. The van der Waals surface area contributed by atoms with Crippen LogP contribution in [0.15, 0.2) is 64.0 Å². The van der Waals surface area contributed by atoms with E-state index in [9.17, 15) is 4.79 Å². The lowest BCUT2D eigenvalue weighted by Gasteiger charge is -1.98. The monoisotopic (exact) mass is 287 g/mol. The summed E-state index contributed by atoms with van der Waals surface area (Å²) in [6.07, 6.45) is 1.56. The first-order valence-electron chi connectivity index (χ1n) is 7.11. The first-order valence-corrected chi connectivity index (χ1v) is 7.11. The van der Waals surface area contributed by atoms with Crippen molar-refractivity contribution in [3.63, 3.8) is 0 Å². The second-order valence-corrected chi connectivity index (χ2v) is 5.29. The molecule has 3 nitrogen and oxygen atoms in total. The Balaban J connectivity index is 2.02. The molecule has 1 aromatic heterocycles. The third-order valence-corrected chi connectivity index (χ3v) is 3.78. The zero-order valence-electron chi connectivity index (χ0n) is 12.0. The van der Waals surface area contributed by atoms with Crippen molar-refractivity contribution in [1.29, 1.82) is 0 Å². The van der Waals surface area contributed by atoms with Crippen molar-refractivity contribution in [2.75, 3.05) is 0 Å². The van der Waals surface area contributed by atoms with Gasteiger partial charge in [-0.1, -0.05) is 36.4 Å². The second kappa shape index (κ2) is 4.81. The van der Waals surface area contributed by atoms with E-state index in [0.717, 1.165) is 27.5 Å². The van der Waals surface area contributed by atoms with E-state index in [-0.39, 0.29) is 5.91 Å². The molecule has 0 saturated heterocycles. The van der Waals surface area contributed by atoms with Gasteiger partial charge in [-0.25, -0.2) is 4.99 Å². The van der Waals surface area contributed by atoms with E-state index >= 15 is 0 Å². The maximum Gasteiger partial charge on any atom is 0.242 e. The normalized spacial score (nSPS) is 11.9. The van der Waals surface area contributed by atoms with Gasteiger partial charge in [0.05, 0.1) is 0 Å². The predicted molar refractivity (Wildman–Crippen MR) is 89.5 cm³/mol. The van der Waals surface area contributed by atoms with E-state index in [0.29, 0.717) is 0 Å². The summed E-state index contributed by atoms with van der Waals surface area (Å²) in [5, 5.41) is 4.58. The van der Waals surface area contributed by atoms with Gasteiger partial charge in [-0.2, -0.15) is 0 Å². The Kier molecular flexibility index (Phi) is 2.79. The van der Waals surface area contributed by atoms with Crippen LogP contribution in [0.3, 0.4) is 0 Å². The van der Waals surface area contributed by atoms with Gasteiger partial charge in [0, 0.05) is 23.9 Å². The molecule has 0 spiro atoms. The number of carbonyl (C=O) groups is 1. The summed E-state index contributed by atoms with van der Waals surface area (Å²) < 4.78 is 5.96. The minimum Gasteiger partial charge on any atom is -0.456 e. The van der Waals surface area contributed by atoms with Gasteiger partial charge in [-0.3, -0.25) is 4.79 Å². The summed E-state index contributed by atoms with van der Waals surface area (Å²) in [7, 11) is 0. The van der Waals surface area contributed by atoms with Gasteiger partial charge < -0.3 is 4.42 Å². The van der Waals surface area contributed by atoms with Crippen LogP contribution in [0.2, 0.25) is 0 Å². The molecule has 4 rings (SSSR count). The molecule has 3 heteroatoms. The number of amides is 1. The van der Waals surface area contributed by atoms with Gasteiger partial charge in [0.1, 0.15) is 11.2 Å². The average molecular weight is 287 g/mol. The lowest BCUT2D eigenvalue weighted by atomic mass is 10.0. The highest BCUT2D eigenvalue weighted by Gasteiger charge is 2.10. The van der Waals surface area contributed by atoms with Crippen molar-refractivity contribution in [3.8, 4) is 0 Å². The molecule has 0 aliphatic rings. The maximum atomic E-state index is 10.9. The number of rotatable bonds is 1. The standard InChI is InChI=1S/C19H13NO2/c1-12(21)20-11-13-6-8-16-18(10-13)22-17-9-7-14-4-2-3-5-15(14)19(16)17/h2-11H,1H3. The fourth-order valence-electron chi connectivity index (χ4n) is 2.81. The van der Waals surface area contributed by atoms with E-state index in [4.69, 9.17) is 4.42 Å². The van der Waals surface area contributed by atoms with Crippen LogP contribution in [-0.4, -0.2) is 12.1 Å². The van der Waals surface area contributed by atoms with E-state index in [2.05, 4.69) is 23.2 Å². The summed E-state index contributed by atoms with van der Waals surface area (Å²) in [4.78, 5) is 14.7. The minimum absolute atomic E-state index is 0.212. The van der Waals surface area contributed by atoms with Crippen LogP contribution in [0.1, 0.15) is 12.5 Å². The first-order chi connectivity index (χ1) is 10.7. The van der Waals surface area contributed by atoms with Crippen LogP contribution < -0.4 is 0 Å². The number of benzene rings is 3. The van der Waals surface area contributed by atoms with Gasteiger partial charge in [0.15, 0.2) is 0 Å². The molecule has 3 aromatic carbocycles. The molecule has 4 aromatic rings. The largest absolute Gasteiger partial charge is 0.456 e. The number of fused-ring (bicyclic) bond motifs is 5. The molecule has 0 aliphatic heterocycles. The summed E-state index contributed by atoms with van der Waals surface area (Å²) in [6.45, 7) is 1.43. The van der Waals surface area contributed by atoms with Crippen molar-refractivity contribution in [3.05, 3.63) is 60.2 Å². The van der Waals surface area contributed by atoms with Crippen LogP contribution in [0.5, 0.6) is 0 Å². The Morgan fingerprint density at radius 1 is 1.00 bits per heavy atom. The Hall–Kier alpha value is -2.94. The molecule has 1 amide bonds. The average Bonchev–Trinajstić information content (AvgIpc) is 2.91. The number of nitrogens with zero attached hydrogens (tertiary/aromatic N) is 1. The number of carbonyl (C=O) groups excluding carboxylic acids is 1. The van der Waals surface area contributed by atoms with E-state index < -0.39 is 0 Å². The molecule has 0 unspecified atom stereocenters. The minimum atomic E-state index is -0.212. The highest BCUT2D eigenvalue weighted by molar-refractivity contribution is 6.19. The highest BCUT2D eigenvalue weighted by Crippen LogP contribution is 2.34. The molecule has 0 aliphatic carbocycles. The van der Waals surface area contributed by atoms with Crippen molar-refractivity contribution < 1.29 is 9.21 Å². The summed E-state index contributed by atoms with van der Waals surface area (Å²) in [5.74, 6) is -0.212. The maximum absolute atomic E-state index is 10.9. The molecule has 1 heterocycles. The van der Waals surface area contributed by atoms with Gasteiger partial charge >= 0.3 is 0 Å². The lowest BCUT2D eigenvalue weighted by Crippen LogP contribution is -1.86. The number of hydrogen-bond donors (Lipinski definition) is 0. The summed E-state index contributed by atoms with van der Waals surface area (Å²) >= 11 is 0. The molecule has 0 N–H and O–H groups in total. The molecule has 0 atom stereocenters. The van der Waals surface area contributed by atoms with Crippen LogP contribution in [0.4, 0.5) is 0 Å². The SMILES string of the molecule is CC(=O)N=Cc1ccc2c(c1)oc1ccc3ccccc3c12. The van der Waals surface area contributed by atoms with Gasteiger partial charge in [0.25, 0.3) is 0 Å². The van der Waals surface area contributed by atoms with Gasteiger partial charge in [0.2, 0.25) is 5.91 Å². The Bertz CT molecular complexity index is 1060. The van der Waals surface area contributed by atoms with Crippen LogP contribution >= 0.6 is 0 Å². The van der Waals surface area contributed by atoms with Crippen molar-refractivity contribution in [1.82, 2.24) is 0 Å². The number of furan rings is 1. The highest BCUT2D eigenvalue weighted by atomic mass is 16.3. The smallest absolute Gasteiger partial charge is 0.242 e. The van der Waals surface area contributed by atoms with E-state index in [1.807, 2.05) is 36.4 Å². The second-order valence-electron chi connectivity index (χ2n) is 5.29. The first kappa shape index (κ1) is 12.8. The van der Waals surface area contributed by atoms with Crippen molar-refractivity contribution in [2.45, 2.75) is 6.92 Å². The van der Waals surface area contributed by atoms with E-state index in [1.165, 1.54) is 17.7 Å². The molecular weight excluding hydrogens is 274 g/mol. The molecule has 22 heavy (non-hydrogen) atoms. The lowest BCUT2D eigenvalue weighted by molar-refractivity contribution is -0.115. The Morgan fingerprint density at radius 3 is 2.73 bits per heavy atom. The van der Waals surface area contributed by atoms with Gasteiger partial charge in [-0.05, 0) is 34.5 Å². The third-order valence-electron chi connectivity index (χ3n) is 3.78. The number of hydrogen-bond acceptors (Lipinski definition) is 2. The van der Waals surface area contributed by atoms with Gasteiger partial charge in [-0.15, -0.1) is 0 Å². The Morgan fingerprint density at radius 2 is 1.86 bits per heavy atom. The number of aliphatic imine (C=N–C) groups is 1. The topological polar surface area (TPSA) is 42.6 Å². The zero-order valence-corrected chi connectivity index (χ0v) is 12.0. The van der Waals surface area contributed by atoms with Crippen molar-refractivity contribution >= 4 is 44.8 Å². The molecule has 106 valence electrons. The third kappa shape index (κ3) is 1.99. The quantitative estimate of drug-likeness (QED) is 0.476. The van der Waals surface area contributed by atoms with E-state index in [1.54, 1.807) is 6.21 Å². The van der Waals surface area contributed by atoms with Crippen LogP contribution in [0, 0.1) is 0 Å². The predicted octanol–water partition coefficient (Wildman–Crippen LogP) is 4.70. The fraction of sp³-hybridized carbons (Fsp3) is 0.0526. The molecule has 0 bridgehead atoms. The molecule has 0 saturated carbocycles.